The largest absolute Gasteiger partial charge is 0.347 e. The molecule has 1 amide bonds. The maximum atomic E-state index is 12.0. The molecule has 0 radical (unpaired) electrons. The Balaban J connectivity index is 1.60. The quantitative estimate of drug-likeness (QED) is 0.784. The molecule has 0 saturated carbocycles. The first-order valence-corrected chi connectivity index (χ1v) is 7.65. The van der Waals surface area contributed by atoms with Gasteiger partial charge in [0.15, 0.2) is 0 Å². The molecule has 1 aromatic carbocycles. The van der Waals surface area contributed by atoms with Gasteiger partial charge in [-0.3, -0.25) is 14.6 Å². The van der Waals surface area contributed by atoms with E-state index in [4.69, 9.17) is 0 Å². The fourth-order valence-corrected chi connectivity index (χ4v) is 2.32. The lowest BCUT2D eigenvalue weighted by Crippen LogP contribution is -2.23. The number of aromatic nitrogens is 2. The molecule has 5 heteroatoms. The Morgan fingerprint density at radius 1 is 0.958 bits per heavy atom. The molecule has 0 aliphatic carbocycles. The topological polar surface area (TPSA) is 64.0 Å². The summed E-state index contributed by atoms with van der Waals surface area (Å²) in [6, 6.07) is 18.1. The summed E-state index contributed by atoms with van der Waals surface area (Å²) in [5.74, 6) is -0.199. The second kappa shape index (κ2) is 7.37. The summed E-state index contributed by atoms with van der Waals surface area (Å²) in [4.78, 5) is 27.7. The highest BCUT2D eigenvalue weighted by atomic mass is 16.2. The first-order valence-electron chi connectivity index (χ1n) is 7.65. The minimum absolute atomic E-state index is 0.0239. The predicted molar refractivity (Wildman–Crippen MR) is 91.7 cm³/mol. The average molecular weight is 319 g/mol. The molecule has 3 aromatic rings. The molecule has 0 aliphatic heterocycles. The van der Waals surface area contributed by atoms with E-state index >= 15 is 0 Å². The molecular formula is C19H17N3O2. The highest BCUT2D eigenvalue weighted by Crippen LogP contribution is 2.06. The van der Waals surface area contributed by atoms with Crippen molar-refractivity contribution in [3.63, 3.8) is 0 Å². The molecule has 120 valence electrons. The van der Waals surface area contributed by atoms with Gasteiger partial charge in [0.25, 0.3) is 11.5 Å². The van der Waals surface area contributed by atoms with Crippen LogP contribution in [0.25, 0.3) is 0 Å². The fraction of sp³-hybridized carbons (Fsp3) is 0.105. The Morgan fingerprint density at radius 3 is 2.42 bits per heavy atom. The predicted octanol–water partition coefficient (Wildman–Crippen LogP) is 2.22. The van der Waals surface area contributed by atoms with E-state index in [1.54, 1.807) is 47.3 Å². The minimum Gasteiger partial charge on any atom is -0.347 e. The monoisotopic (exact) mass is 319 g/mol. The first-order chi connectivity index (χ1) is 11.7. The average Bonchev–Trinajstić information content (AvgIpc) is 2.63. The summed E-state index contributed by atoms with van der Waals surface area (Å²) in [6.45, 7) is 0.960. The molecule has 24 heavy (non-hydrogen) atoms. The molecule has 3 rings (SSSR count). The number of carbonyl (C=O) groups is 1. The molecule has 0 spiro atoms. The summed E-state index contributed by atoms with van der Waals surface area (Å²) in [7, 11) is 0. The Morgan fingerprint density at radius 2 is 1.71 bits per heavy atom. The number of carbonyl (C=O) groups excluding carboxylic acids is 1. The van der Waals surface area contributed by atoms with Gasteiger partial charge >= 0.3 is 0 Å². The van der Waals surface area contributed by atoms with Gasteiger partial charge in [-0.05, 0) is 29.3 Å². The number of hydrogen-bond donors (Lipinski definition) is 1. The third-order valence-electron chi connectivity index (χ3n) is 3.63. The number of pyridine rings is 2. The molecule has 0 aliphatic rings. The Bertz CT molecular complexity index is 871. The van der Waals surface area contributed by atoms with Crippen molar-refractivity contribution in [3.8, 4) is 0 Å². The van der Waals surface area contributed by atoms with Gasteiger partial charge in [0.2, 0.25) is 0 Å². The van der Waals surface area contributed by atoms with Gasteiger partial charge in [-0.25, -0.2) is 0 Å². The van der Waals surface area contributed by atoms with Crippen LogP contribution in [0, 0.1) is 0 Å². The van der Waals surface area contributed by atoms with Gasteiger partial charge in [0.1, 0.15) is 5.69 Å². The van der Waals surface area contributed by atoms with E-state index in [2.05, 4.69) is 10.3 Å². The first kappa shape index (κ1) is 15.7. The van der Waals surface area contributed by atoms with Crippen LogP contribution in [0.1, 0.15) is 21.6 Å². The number of nitrogens with zero attached hydrogens (tertiary/aromatic N) is 2. The van der Waals surface area contributed by atoms with E-state index in [-0.39, 0.29) is 11.5 Å². The summed E-state index contributed by atoms with van der Waals surface area (Å²) in [6.07, 6.45) is 3.36. The number of benzene rings is 1. The van der Waals surface area contributed by atoms with Crippen molar-refractivity contribution in [1.82, 2.24) is 14.9 Å². The van der Waals surface area contributed by atoms with E-state index in [9.17, 15) is 9.59 Å². The number of nitrogens with one attached hydrogen (secondary N) is 1. The Kier molecular flexibility index (Phi) is 4.81. The molecule has 1 N–H and O–H groups in total. The molecule has 0 bridgehead atoms. The van der Waals surface area contributed by atoms with Crippen LogP contribution >= 0.6 is 0 Å². The van der Waals surface area contributed by atoms with E-state index in [0.717, 1.165) is 11.1 Å². The number of rotatable bonds is 5. The van der Waals surface area contributed by atoms with Crippen LogP contribution < -0.4 is 10.9 Å². The summed E-state index contributed by atoms with van der Waals surface area (Å²) in [5.41, 5.74) is 2.40. The van der Waals surface area contributed by atoms with Crippen molar-refractivity contribution >= 4 is 5.91 Å². The smallest absolute Gasteiger partial charge is 0.270 e. The second-order valence-corrected chi connectivity index (χ2v) is 5.38. The van der Waals surface area contributed by atoms with Gasteiger partial charge in [0.05, 0.1) is 6.54 Å². The molecule has 2 aromatic heterocycles. The van der Waals surface area contributed by atoms with E-state index in [0.29, 0.717) is 18.8 Å². The van der Waals surface area contributed by atoms with Crippen molar-refractivity contribution in [3.05, 3.63) is 100 Å². The van der Waals surface area contributed by atoms with E-state index in [1.165, 1.54) is 0 Å². The highest BCUT2D eigenvalue weighted by molar-refractivity contribution is 5.92. The van der Waals surface area contributed by atoms with Crippen LogP contribution in [0.2, 0.25) is 0 Å². The van der Waals surface area contributed by atoms with Crippen LogP contribution in [0.5, 0.6) is 0 Å². The van der Waals surface area contributed by atoms with Crippen molar-refractivity contribution in [2.75, 3.05) is 0 Å². The maximum Gasteiger partial charge on any atom is 0.270 e. The number of amides is 1. The van der Waals surface area contributed by atoms with Gasteiger partial charge in [-0.1, -0.05) is 36.4 Å². The van der Waals surface area contributed by atoms with Crippen LogP contribution in [-0.4, -0.2) is 15.5 Å². The highest BCUT2D eigenvalue weighted by Gasteiger charge is 2.05. The van der Waals surface area contributed by atoms with Crippen molar-refractivity contribution < 1.29 is 4.79 Å². The van der Waals surface area contributed by atoms with Gasteiger partial charge in [-0.2, -0.15) is 0 Å². The molecule has 2 heterocycles. The third-order valence-corrected chi connectivity index (χ3v) is 3.63. The van der Waals surface area contributed by atoms with Crippen molar-refractivity contribution in [1.29, 1.82) is 0 Å². The Hall–Kier alpha value is -3.21. The fourth-order valence-electron chi connectivity index (χ4n) is 2.32. The summed E-state index contributed by atoms with van der Waals surface area (Å²) < 4.78 is 1.65. The lowest BCUT2D eigenvalue weighted by atomic mass is 10.1. The normalized spacial score (nSPS) is 10.3. The molecule has 5 nitrogen and oxygen atoms in total. The zero-order valence-corrected chi connectivity index (χ0v) is 13.1. The Labute approximate surface area is 139 Å². The van der Waals surface area contributed by atoms with Crippen LogP contribution in [0.4, 0.5) is 0 Å². The van der Waals surface area contributed by atoms with Gasteiger partial charge in [0, 0.05) is 25.0 Å². The zero-order valence-electron chi connectivity index (χ0n) is 13.1. The van der Waals surface area contributed by atoms with E-state index in [1.807, 2.05) is 30.3 Å². The van der Waals surface area contributed by atoms with Crippen LogP contribution in [0.15, 0.2) is 77.9 Å². The molecule has 0 fully saturated rings. The molecule has 0 unspecified atom stereocenters. The molecule has 0 atom stereocenters. The van der Waals surface area contributed by atoms with Crippen LogP contribution in [0.3, 0.4) is 0 Å². The van der Waals surface area contributed by atoms with Gasteiger partial charge in [-0.15, -0.1) is 0 Å². The third kappa shape index (κ3) is 3.95. The summed E-state index contributed by atoms with van der Waals surface area (Å²) >= 11 is 0. The van der Waals surface area contributed by atoms with E-state index < -0.39 is 0 Å². The SMILES string of the molecule is O=C(NCc1ccc(Cn2ccccc2=O)cc1)c1ccccn1. The number of hydrogen-bond acceptors (Lipinski definition) is 3. The second-order valence-electron chi connectivity index (χ2n) is 5.38. The van der Waals surface area contributed by atoms with Crippen molar-refractivity contribution in [2.45, 2.75) is 13.1 Å². The summed E-state index contributed by atoms with van der Waals surface area (Å²) in [5, 5.41) is 2.84. The van der Waals surface area contributed by atoms with Crippen LogP contribution in [-0.2, 0) is 13.1 Å². The minimum atomic E-state index is -0.199. The zero-order chi connectivity index (χ0) is 16.8. The standard InChI is InChI=1S/C19H17N3O2/c23-18-6-2-4-12-22(18)14-16-9-7-15(8-10-16)13-21-19(24)17-5-1-3-11-20-17/h1-12H,13-14H2,(H,21,24). The lowest BCUT2D eigenvalue weighted by molar-refractivity contribution is 0.0946. The van der Waals surface area contributed by atoms with Gasteiger partial charge < -0.3 is 9.88 Å². The molecular weight excluding hydrogens is 302 g/mol. The lowest BCUT2D eigenvalue weighted by Gasteiger charge is -2.08. The van der Waals surface area contributed by atoms with Crippen molar-refractivity contribution in [2.24, 2.45) is 0 Å². The maximum absolute atomic E-state index is 12.0. The molecule has 0 saturated heterocycles.